The van der Waals surface area contributed by atoms with Crippen LogP contribution in [-0.2, 0) is 9.53 Å². The summed E-state index contributed by atoms with van der Waals surface area (Å²) in [6.45, 7) is 4.84. The standard InChI is InChI=1S/C24H37F3N6O2/c1-24(26,27)18-4-2-17(3-5-18)19-14-35-11-10-33(19)23-21(25)22(30-15-31-23)29-12-16-6-8-32(9-7-16)13-20(28)34/h15-19H,2-14H2,1H3,(H2,28,34)(H,29,30,31). The van der Waals surface area contributed by atoms with Gasteiger partial charge in [0.25, 0.3) is 0 Å². The average Bonchev–Trinajstić information content (AvgIpc) is 2.84. The second-order valence-electron chi connectivity index (χ2n) is 10.3. The van der Waals surface area contributed by atoms with Gasteiger partial charge in [-0.3, -0.25) is 9.69 Å². The van der Waals surface area contributed by atoms with E-state index in [1.54, 1.807) is 0 Å². The Bertz CT molecular complexity index is 854. The number of rotatable bonds is 8. The van der Waals surface area contributed by atoms with Crippen LogP contribution < -0.4 is 16.0 Å². The maximum Gasteiger partial charge on any atom is 0.248 e. The molecule has 11 heteroatoms. The molecular weight excluding hydrogens is 461 g/mol. The van der Waals surface area contributed by atoms with Crippen molar-refractivity contribution in [1.29, 1.82) is 0 Å². The Morgan fingerprint density at radius 1 is 1.17 bits per heavy atom. The number of likely N-dealkylation sites (tertiary alicyclic amines) is 1. The van der Waals surface area contributed by atoms with Crippen molar-refractivity contribution >= 4 is 17.5 Å². The highest BCUT2D eigenvalue weighted by Gasteiger charge is 2.41. The first-order valence-corrected chi connectivity index (χ1v) is 12.7. The number of nitrogens with one attached hydrogen (secondary N) is 1. The lowest BCUT2D eigenvalue weighted by Gasteiger charge is -2.43. The molecule has 1 unspecified atom stereocenters. The van der Waals surface area contributed by atoms with E-state index in [1.165, 1.54) is 6.33 Å². The van der Waals surface area contributed by atoms with E-state index in [2.05, 4.69) is 15.3 Å². The van der Waals surface area contributed by atoms with Gasteiger partial charge in [-0.2, -0.15) is 4.39 Å². The molecule has 0 radical (unpaired) electrons. The summed E-state index contributed by atoms with van der Waals surface area (Å²) in [6.07, 6.45) is 5.44. The molecule has 3 aliphatic rings. The fourth-order valence-corrected chi connectivity index (χ4v) is 5.78. The van der Waals surface area contributed by atoms with Crippen molar-refractivity contribution in [3.05, 3.63) is 12.1 Å². The second-order valence-corrected chi connectivity index (χ2v) is 10.3. The molecule has 0 aromatic carbocycles. The Morgan fingerprint density at radius 2 is 1.89 bits per heavy atom. The van der Waals surface area contributed by atoms with Crippen LogP contribution in [0.1, 0.15) is 45.4 Å². The zero-order chi connectivity index (χ0) is 25.0. The molecule has 1 aromatic heterocycles. The molecule has 0 bridgehead atoms. The molecule has 1 atom stereocenters. The van der Waals surface area contributed by atoms with Gasteiger partial charge in [0.05, 0.1) is 25.8 Å². The van der Waals surface area contributed by atoms with Crippen LogP contribution in [0.4, 0.5) is 24.8 Å². The van der Waals surface area contributed by atoms with Crippen LogP contribution in [0.2, 0.25) is 0 Å². The third-order valence-electron chi connectivity index (χ3n) is 7.89. The minimum absolute atomic E-state index is 0.0954. The molecule has 35 heavy (non-hydrogen) atoms. The van der Waals surface area contributed by atoms with E-state index in [-0.39, 0.29) is 36.0 Å². The molecule has 4 rings (SSSR count). The molecule has 2 aliphatic heterocycles. The number of morpholine rings is 1. The number of nitrogens with two attached hydrogens (primary N) is 1. The summed E-state index contributed by atoms with van der Waals surface area (Å²) in [4.78, 5) is 23.5. The number of piperidine rings is 1. The Labute approximate surface area is 204 Å². The van der Waals surface area contributed by atoms with Crippen molar-refractivity contribution in [2.24, 2.45) is 23.5 Å². The second kappa shape index (κ2) is 11.3. The van der Waals surface area contributed by atoms with Gasteiger partial charge in [0, 0.05) is 19.0 Å². The van der Waals surface area contributed by atoms with Crippen LogP contribution >= 0.6 is 0 Å². The first kappa shape index (κ1) is 25.9. The third kappa shape index (κ3) is 6.55. The molecule has 3 fully saturated rings. The van der Waals surface area contributed by atoms with E-state index < -0.39 is 17.7 Å². The number of carbonyl (C=O) groups excluding carboxylic acids is 1. The minimum Gasteiger partial charge on any atom is -0.377 e. The number of hydrogen-bond acceptors (Lipinski definition) is 7. The van der Waals surface area contributed by atoms with Crippen LogP contribution in [0.25, 0.3) is 0 Å². The number of aromatic nitrogens is 2. The summed E-state index contributed by atoms with van der Waals surface area (Å²) >= 11 is 0. The van der Waals surface area contributed by atoms with E-state index in [1.807, 2.05) is 9.80 Å². The van der Waals surface area contributed by atoms with Crippen LogP contribution in [0, 0.1) is 23.6 Å². The molecule has 1 saturated carbocycles. The Kier molecular flexibility index (Phi) is 8.36. The zero-order valence-electron chi connectivity index (χ0n) is 20.4. The fourth-order valence-electron chi connectivity index (χ4n) is 5.78. The van der Waals surface area contributed by atoms with Gasteiger partial charge < -0.3 is 20.7 Å². The summed E-state index contributed by atoms with van der Waals surface area (Å²) in [6, 6.07) is -0.0954. The van der Waals surface area contributed by atoms with Crippen LogP contribution in [0.15, 0.2) is 6.33 Å². The van der Waals surface area contributed by atoms with Crippen molar-refractivity contribution < 1.29 is 22.7 Å². The molecule has 0 spiro atoms. The molecular formula is C24H37F3N6O2. The Balaban J connectivity index is 1.37. The first-order chi connectivity index (χ1) is 16.7. The van der Waals surface area contributed by atoms with Crippen LogP contribution in [0.3, 0.4) is 0 Å². The molecule has 2 saturated heterocycles. The van der Waals surface area contributed by atoms with Crippen molar-refractivity contribution in [3.8, 4) is 0 Å². The van der Waals surface area contributed by atoms with Crippen molar-refractivity contribution in [1.82, 2.24) is 14.9 Å². The van der Waals surface area contributed by atoms with E-state index in [4.69, 9.17) is 10.5 Å². The number of nitrogens with zero attached hydrogens (tertiary/aromatic N) is 4. The summed E-state index contributed by atoms with van der Waals surface area (Å²) < 4.78 is 48.8. The molecule has 1 aromatic rings. The molecule has 3 N–H and O–H groups in total. The van der Waals surface area contributed by atoms with Gasteiger partial charge >= 0.3 is 0 Å². The number of amides is 1. The SMILES string of the molecule is CC(F)(F)C1CCC(C2COCCN2c2ncnc(NCC3CCN(CC(N)=O)CC3)c2F)CC1. The van der Waals surface area contributed by atoms with Gasteiger partial charge in [-0.15, -0.1) is 0 Å². The number of hydrogen-bond donors (Lipinski definition) is 2. The number of alkyl halides is 2. The predicted octanol–water partition coefficient (Wildman–Crippen LogP) is 2.89. The molecule has 1 aliphatic carbocycles. The third-order valence-corrected chi connectivity index (χ3v) is 7.89. The number of primary amides is 1. The molecule has 196 valence electrons. The highest BCUT2D eigenvalue weighted by Crippen LogP contribution is 2.41. The van der Waals surface area contributed by atoms with Crippen molar-refractivity contribution in [3.63, 3.8) is 0 Å². The lowest BCUT2D eigenvalue weighted by atomic mass is 9.76. The van der Waals surface area contributed by atoms with Crippen LogP contribution in [-0.4, -0.2) is 78.7 Å². The predicted molar refractivity (Wildman–Crippen MR) is 127 cm³/mol. The van der Waals surface area contributed by atoms with Gasteiger partial charge in [-0.25, -0.2) is 18.7 Å². The van der Waals surface area contributed by atoms with E-state index in [0.717, 1.165) is 32.9 Å². The van der Waals surface area contributed by atoms with Gasteiger partial charge in [-0.05, 0) is 70.4 Å². The number of halogens is 3. The first-order valence-electron chi connectivity index (χ1n) is 12.7. The summed E-state index contributed by atoms with van der Waals surface area (Å²) in [5.74, 6) is -3.14. The molecule has 8 nitrogen and oxygen atoms in total. The normalized spacial score (nSPS) is 27.1. The summed E-state index contributed by atoms with van der Waals surface area (Å²) in [5, 5.41) is 3.16. The topological polar surface area (TPSA) is 96.6 Å². The summed E-state index contributed by atoms with van der Waals surface area (Å²) in [7, 11) is 0. The highest BCUT2D eigenvalue weighted by atomic mass is 19.3. The number of ether oxygens (including phenoxy) is 1. The van der Waals surface area contributed by atoms with E-state index in [9.17, 15) is 13.6 Å². The molecule has 3 heterocycles. The van der Waals surface area contributed by atoms with Crippen molar-refractivity contribution in [2.75, 3.05) is 56.2 Å². The summed E-state index contributed by atoms with van der Waals surface area (Å²) in [5.41, 5.74) is 5.27. The van der Waals surface area contributed by atoms with Gasteiger partial charge in [0.15, 0.2) is 11.6 Å². The van der Waals surface area contributed by atoms with Gasteiger partial charge in [0.2, 0.25) is 17.6 Å². The van der Waals surface area contributed by atoms with Crippen LogP contribution in [0.5, 0.6) is 0 Å². The van der Waals surface area contributed by atoms with Gasteiger partial charge in [0.1, 0.15) is 6.33 Å². The number of carbonyl (C=O) groups is 1. The fraction of sp³-hybridized carbons (Fsp3) is 0.792. The number of anilines is 2. The Morgan fingerprint density at radius 3 is 2.54 bits per heavy atom. The lowest BCUT2D eigenvalue weighted by Crippen LogP contribution is -2.51. The van der Waals surface area contributed by atoms with E-state index in [0.29, 0.717) is 57.9 Å². The molecule has 1 amide bonds. The minimum atomic E-state index is -2.66. The quantitative estimate of drug-likeness (QED) is 0.569. The Hall–Kier alpha value is -2.14. The monoisotopic (exact) mass is 498 g/mol. The van der Waals surface area contributed by atoms with E-state index >= 15 is 4.39 Å². The smallest absolute Gasteiger partial charge is 0.248 e. The van der Waals surface area contributed by atoms with Gasteiger partial charge in [-0.1, -0.05) is 0 Å². The maximum absolute atomic E-state index is 15.5. The zero-order valence-corrected chi connectivity index (χ0v) is 20.4. The lowest BCUT2D eigenvalue weighted by molar-refractivity contribution is -0.119. The largest absolute Gasteiger partial charge is 0.377 e. The average molecular weight is 499 g/mol. The highest BCUT2D eigenvalue weighted by molar-refractivity contribution is 5.75. The maximum atomic E-state index is 15.5. The van der Waals surface area contributed by atoms with Crippen molar-refractivity contribution in [2.45, 2.75) is 57.4 Å².